The molecule has 1 amide bonds. The van der Waals surface area contributed by atoms with Gasteiger partial charge in [-0.05, 0) is 68.5 Å². The van der Waals surface area contributed by atoms with Crippen molar-refractivity contribution in [2.24, 2.45) is 0 Å². The van der Waals surface area contributed by atoms with Crippen molar-refractivity contribution in [3.05, 3.63) is 54.1 Å². The van der Waals surface area contributed by atoms with Gasteiger partial charge in [0, 0.05) is 25.7 Å². The van der Waals surface area contributed by atoms with Gasteiger partial charge in [-0.3, -0.25) is 0 Å². The van der Waals surface area contributed by atoms with Gasteiger partial charge < -0.3 is 19.7 Å². The lowest BCUT2D eigenvalue weighted by molar-refractivity contribution is 0.0344. The molecular weight excluding hydrogens is 402 g/mol. The minimum atomic E-state index is -0.431. The summed E-state index contributed by atoms with van der Waals surface area (Å²) in [5.74, 6) is 0.852. The summed E-state index contributed by atoms with van der Waals surface area (Å²) in [6, 6.07) is 17.9. The zero-order valence-corrected chi connectivity index (χ0v) is 19.3. The second kappa shape index (κ2) is 11.0. The van der Waals surface area contributed by atoms with Gasteiger partial charge in [0.25, 0.3) is 0 Å². The third-order valence-corrected chi connectivity index (χ3v) is 5.90. The van der Waals surface area contributed by atoms with Crippen LogP contribution in [0.15, 0.2) is 48.5 Å². The lowest BCUT2D eigenvalue weighted by atomic mass is 10.0. The summed E-state index contributed by atoms with van der Waals surface area (Å²) in [6.45, 7) is 9.27. The number of hydrogen-bond donors (Lipinski definition) is 1. The van der Waals surface area contributed by atoms with Gasteiger partial charge in [0.05, 0.1) is 18.2 Å². The number of carbonyl (C=O) groups is 1. The van der Waals surface area contributed by atoms with E-state index in [1.165, 1.54) is 0 Å². The maximum Gasteiger partial charge on any atom is 0.407 e. The number of ether oxygens (including phenoxy) is 2. The normalized spacial score (nSPS) is 16.4. The lowest BCUT2D eigenvalue weighted by Crippen LogP contribution is -2.41. The van der Waals surface area contributed by atoms with Crippen LogP contribution in [0.5, 0.6) is 5.75 Å². The summed E-state index contributed by atoms with van der Waals surface area (Å²) in [5.41, 5.74) is 2.40. The lowest BCUT2D eigenvalue weighted by Gasteiger charge is -2.24. The van der Waals surface area contributed by atoms with E-state index in [0.717, 1.165) is 55.8 Å². The molecule has 0 aliphatic carbocycles. The highest BCUT2D eigenvalue weighted by molar-refractivity contribution is 5.68. The Morgan fingerprint density at radius 1 is 1.16 bits per heavy atom. The summed E-state index contributed by atoms with van der Waals surface area (Å²) in [6.07, 6.45) is 2.34. The van der Waals surface area contributed by atoms with Gasteiger partial charge in [-0.25, -0.2) is 4.79 Å². The minimum absolute atomic E-state index is 0.144. The minimum Gasteiger partial charge on any atom is -0.494 e. The predicted molar refractivity (Wildman–Crippen MR) is 126 cm³/mol. The van der Waals surface area contributed by atoms with Crippen LogP contribution in [0.1, 0.15) is 45.6 Å². The van der Waals surface area contributed by atoms with E-state index in [-0.39, 0.29) is 12.1 Å². The maximum atomic E-state index is 12.1. The fourth-order valence-electron chi connectivity index (χ4n) is 3.63. The molecule has 1 aliphatic rings. The van der Waals surface area contributed by atoms with E-state index in [1.54, 1.807) is 0 Å². The second-order valence-corrected chi connectivity index (χ2v) is 8.85. The number of amides is 1. The molecule has 6 heteroatoms. The summed E-state index contributed by atoms with van der Waals surface area (Å²) < 4.78 is 11.4. The highest BCUT2D eigenvalue weighted by Gasteiger charge is 2.26. The van der Waals surface area contributed by atoms with Crippen LogP contribution >= 0.6 is 0 Å². The number of carbonyl (C=O) groups excluding carboxylic acids is 1. The smallest absolute Gasteiger partial charge is 0.407 e. The average molecular weight is 436 g/mol. The second-order valence-electron chi connectivity index (χ2n) is 8.85. The molecule has 0 aromatic heterocycles. The van der Waals surface area contributed by atoms with Crippen molar-refractivity contribution in [3.8, 4) is 22.9 Å². The Kier molecular flexibility index (Phi) is 8.13. The molecule has 0 radical (unpaired) electrons. The van der Waals surface area contributed by atoms with E-state index >= 15 is 0 Å². The van der Waals surface area contributed by atoms with Crippen LogP contribution in [0.2, 0.25) is 0 Å². The molecule has 0 bridgehead atoms. The van der Waals surface area contributed by atoms with Crippen molar-refractivity contribution in [1.82, 2.24) is 10.2 Å². The quantitative estimate of drug-likeness (QED) is 0.562. The number of hydrogen-bond acceptors (Lipinski definition) is 5. The van der Waals surface area contributed by atoms with Crippen LogP contribution in [-0.2, 0) is 4.74 Å². The summed E-state index contributed by atoms with van der Waals surface area (Å²) >= 11 is 0. The molecule has 32 heavy (non-hydrogen) atoms. The van der Waals surface area contributed by atoms with E-state index in [1.807, 2.05) is 69.3 Å². The fourth-order valence-corrected chi connectivity index (χ4v) is 3.63. The van der Waals surface area contributed by atoms with Crippen LogP contribution in [-0.4, -0.2) is 48.9 Å². The van der Waals surface area contributed by atoms with E-state index in [4.69, 9.17) is 14.7 Å². The Hall–Kier alpha value is -3.04. The standard InChI is InChI=1S/C26H33N3O3/c1-4-26(2,3)32-25(30)28-23-14-16-29(19-23)15-5-17-31-24-12-10-22(11-13-24)21-8-6-20(18-27)7-9-21/h6-13,23H,4-5,14-17,19H2,1-3H3,(H,28,30)/t23-/m1/s1. The van der Waals surface area contributed by atoms with Crippen LogP contribution in [0.25, 0.3) is 11.1 Å². The number of benzene rings is 2. The summed E-state index contributed by atoms with van der Waals surface area (Å²) in [7, 11) is 0. The number of alkyl carbamates (subject to hydrolysis) is 1. The first kappa shape index (κ1) is 23.6. The summed E-state index contributed by atoms with van der Waals surface area (Å²) in [4.78, 5) is 14.4. The number of likely N-dealkylation sites (tertiary alicyclic amines) is 1. The molecule has 170 valence electrons. The number of nitriles is 1. The number of nitrogens with one attached hydrogen (secondary N) is 1. The van der Waals surface area contributed by atoms with Crippen molar-refractivity contribution >= 4 is 6.09 Å². The molecule has 0 unspecified atom stereocenters. The molecule has 1 N–H and O–H groups in total. The highest BCUT2D eigenvalue weighted by Crippen LogP contribution is 2.23. The first-order chi connectivity index (χ1) is 15.4. The van der Waals surface area contributed by atoms with Gasteiger partial charge in [-0.1, -0.05) is 31.2 Å². The van der Waals surface area contributed by atoms with Crippen molar-refractivity contribution in [2.45, 2.75) is 51.7 Å². The molecule has 2 aromatic rings. The van der Waals surface area contributed by atoms with Crippen LogP contribution < -0.4 is 10.1 Å². The SMILES string of the molecule is CCC(C)(C)OC(=O)N[C@@H]1CCN(CCCOc2ccc(-c3ccc(C#N)cc3)cc2)C1. The Morgan fingerprint density at radius 2 is 1.81 bits per heavy atom. The molecule has 0 spiro atoms. The third kappa shape index (κ3) is 7.00. The van der Waals surface area contributed by atoms with E-state index in [9.17, 15) is 4.79 Å². The third-order valence-electron chi connectivity index (χ3n) is 5.90. The largest absolute Gasteiger partial charge is 0.494 e. The van der Waals surface area contributed by atoms with Gasteiger partial charge >= 0.3 is 6.09 Å². The predicted octanol–water partition coefficient (Wildman–Crippen LogP) is 4.98. The van der Waals surface area contributed by atoms with Gasteiger partial charge in [-0.15, -0.1) is 0 Å². The van der Waals surface area contributed by atoms with Crippen LogP contribution in [0, 0.1) is 11.3 Å². The van der Waals surface area contributed by atoms with Gasteiger partial charge in [0.15, 0.2) is 0 Å². The zero-order chi connectivity index (χ0) is 23.0. The van der Waals surface area contributed by atoms with Gasteiger partial charge in [0.2, 0.25) is 0 Å². The van der Waals surface area contributed by atoms with Crippen molar-refractivity contribution in [2.75, 3.05) is 26.2 Å². The van der Waals surface area contributed by atoms with E-state index in [2.05, 4.69) is 16.3 Å². The number of nitrogens with zero attached hydrogens (tertiary/aromatic N) is 2. The highest BCUT2D eigenvalue weighted by atomic mass is 16.6. The van der Waals surface area contributed by atoms with Crippen LogP contribution in [0.4, 0.5) is 4.79 Å². The maximum absolute atomic E-state index is 12.1. The zero-order valence-electron chi connectivity index (χ0n) is 19.3. The molecule has 1 heterocycles. The molecule has 1 atom stereocenters. The van der Waals surface area contributed by atoms with E-state index in [0.29, 0.717) is 12.2 Å². The first-order valence-electron chi connectivity index (χ1n) is 11.3. The summed E-state index contributed by atoms with van der Waals surface area (Å²) in [5, 5.41) is 11.9. The van der Waals surface area contributed by atoms with Crippen molar-refractivity contribution in [1.29, 1.82) is 5.26 Å². The topological polar surface area (TPSA) is 74.6 Å². The van der Waals surface area contributed by atoms with Crippen molar-refractivity contribution < 1.29 is 14.3 Å². The Morgan fingerprint density at radius 3 is 2.44 bits per heavy atom. The van der Waals surface area contributed by atoms with Gasteiger partial charge in [0.1, 0.15) is 11.4 Å². The molecular formula is C26H33N3O3. The van der Waals surface area contributed by atoms with Gasteiger partial charge in [-0.2, -0.15) is 5.26 Å². The molecule has 1 aliphatic heterocycles. The molecule has 2 aromatic carbocycles. The molecule has 1 fully saturated rings. The molecule has 3 rings (SSSR count). The monoisotopic (exact) mass is 435 g/mol. The van der Waals surface area contributed by atoms with Crippen LogP contribution in [0.3, 0.4) is 0 Å². The number of rotatable bonds is 9. The first-order valence-corrected chi connectivity index (χ1v) is 11.3. The molecule has 0 saturated carbocycles. The fraction of sp³-hybridized carbons (Fsp3) is 0.462. The molecule has 6 nitrogen and oxygen atoms in total. The van der Waals surface area contributed by atoms with E-state index < -0.39 is 5.60 Å². The molecule has 1 saturated heterocycles. The Balaban J connectivity index is 1.35. The Labute approximate surface area is 191 Å². The van der Waals surface area contributed by atoms with Crippen molar-refractivity contribution in [3.63, 3.8) is 0 Å². The Bertz CT molecular complexity index is 917. The average Bonchev–Trinajstić information content (AvgIpc) is 3.23.